The summed E-state index contributed by atoms with van der Waals surface area (Å²) in [5.74, 6) is -2.57. The van der Waals surface area contributed by atoms with E-state index in [0.29, 0.717) is 6.07 Å². The SMILES string of the molecule is CCCCC(CC)C(NCCC)c1cc(F)c(F)cc1F. The largest absolute Gasteiger partial charge is 0.310 e. The van der Waals surface area contributed by atoms with Crippen LogP contribution in [0.2, 0.25) is 0 Å². The Labute approximate surface area is 125 Å². The number of unbranched alkanes of at least 4 members (excludes halogenated alkanes) is 1. The maximum Gasteiger partial charge on any atom is 0.161 e. The minimum atomic E-state index is -1.13. The summed E-state index contributed by atoms with van der Waals surface area (Å²) in [6.45, 7) is 6.92. The summed E-state index contributed by atoms with van der Waals surface area (Å²) in [5, 5.41) is 3.30. The molecular weight excluding hydrogens is 275 g/mol. The van der Waals surface area contributed by atoms with Gasteiger partial charge in [0.15, 0.2) is 11.6 Å². The topological polar surface area (TPSA) is 12.0 Å². The number of halogens is 3. The van der Waals surface area contributed by atoms with Gasteiger partial charge in [-0.1, -0.05) is 40.0 Å². The van der Waals surface area contributed by atoms with Crippen molar-refractivity contribution in [1.82, 2.24) is 5.32 Å². The fourth-order valence-corrected chi connectivity index (χ4v) is 2.68. The monoisotopic (exact) mass is 301 g/mol. The van der Waals surface area contributed by atoms with Crippen molar-refractivity contribution in [3.8, 4) is 0 Å². The molecule has 21 heavy (non-hydrogen) atoms. The van der Waals surface area contributed by atoms with Crippen molar-refractivity contribution in [3.05, 3.63) is 35.1 Å². The third-order valence-corrected chi connectivity index (χ3v) is 3.91. The van der Waals surface area contributed by atoms with Crippen LogP contribution in [0.3, 0.4) is 0 Å². The number of hydrogen-bond acceptors (Lipinski definition) is 1. The van der Waals surface area contributed by atoms with Crippen LogP contribution in [0, 0.1) is 23.4 Å². The van der Waals surface area contributed by atoms with Crippen LogP contribution in [-0.4, -0.2) is 6.54 Å². The average Bonchev–Trinajstić information content (AvgIpc) is 2.47. The Hall–Kier alpha value is -1.03. The summed E-state index contributed by atoms with van der Waals surface area (Å²) >= 11 is 0. The van der Waals surface area contributed by atoms with E-state index in [0.717, 1.165) is 44.7 Å². The van der Waals surface area contributed by atoms with Crippen LogP contribution in [0.4, 0.5) is 13.2 Å². The summed E-state index contributed by atoms with van der Waals surface area (Å²) in [6.07, 6.45) is 4.85. The van der Waals surface area contributed by atoms with Gasteiger partial charge in [0.1, 0.15) is 5.82 Å². The van der Waals surface area contributed by atoms with Gasteiger partial charge in [0, 0.05) is 17.7 Å². The zero-order chi connectivity index (χ0) is 15.8. The van der Waals surface area contributed by atoms with Gasteiger partial charge in [0.2, 0.25) is 0 Å². The third-order valence-electron chi connectivity index (χ3n) is 3.91. The lowest BCUT2D eigenvalue weighted by Gasteiger charge is -2.28. The van der Waals surface area contributed by atoms with Crippen molar-refractivity contribution in [1.29, 1.82) is 0 Å². The first-order chi connectivity index (χ1) is 10.0. The van der Waals surface area contributed by atoms with Gasteiger partial charge in [0.05, 0.1) is 0 Å². The maximum atomic E-state index is 14.1. The van der Waals surface area contributed by atoms with Crippen molar-refractivity contribution in [2.75, 3.05) is 6.54 Å². The van der Waals surface area contributed by atoms with Gasteiger partial charge in [-0.15, -0.1) is 0 Å². The van der Waals surface area contributed by atoms with Crippen molar-refractivity contribution >= 4 is 0 Å². The molecule has 0 heterocycles. The smallest absolute Gasteiger partial charge is 0.161 e. The fourth-order valence-electron chi connectivity index (χ4n) is 2.68. The normalized spacial score (nSPS) is 14.2. The molecule has 120 valence electrons. The van der Waals surface area contributed by atoms with E-state index in [9.17, 15) is 13.2 Å². The van der Waals surface area contributed by atoms with E-state index in [1.54, 1.807) is 0 Å². The molecule has 0 aliphatic rings. The number of nitrogens with one attached hydrogen (secondary N) is 1. The summed E-state index contributed by atoms with van der Waals surface area (Å²) in [6, 6.07) is 1.39. The minimum absolute atomic E-state index is 0.218. The molecule has 1 aromatic rings. The molecule has 0 saturated heterocycles. The first-order valence-electron chi connectivity index (χ1n) is 7.92. The van der Waals surface area contributed by atoms with Crippen molar-refractivity contribution in [3.63, 3.8) is 0 Å². The Bertz CT molecular complexity index is 434. The van der Waals surface area contributed by atoms with Crippen molar-refractivity contribution in [2.45, 2.75) is 58.9 Å². The zero-order valence-corrected chi connectivity index (χ0v) is 13.2. The van der Waals surface area contributed by atoms with E-state index >= 15 is 0 Å². The van der Waals surface area contributed by atoms with Gasteiger partial charge in [-0.05, 0) is 31.4 Å². The average molecular weight is 301 g/mol. The molecule has 2 atom stereocenters. The van der Waals surface area contributed by atoms with Gasteiger partial charge >= 0.3 is 0 Å². The second-order valence-corrected chi connectivity index (χ2v) is 5.53. The van der Waals surface area contributed by atoms with Gasteiger partial charge in [-0.2, -0.15) is 0 Å². The fraction of sp³-hybridized carbons (Fsp3) is 0.647. The first-order valence-corrected chi connectivity index (χ1v) is 7.92. The summed E-state index contributed by atoms with van der Waals surface area (Å²) in [7, 11) is 0. The Morgan fingerprint density at radius 3 is 2.19 bits per heavy atom. The van der Waals surface area contributed by atoms with Crippen LogP contribution >= 0.6 is 0 Å². The molecule has 1 N–H and O–H groups in total. The van der Waals surface area contributed by atoms with E-state index < -0.39 is 17.5 Å². The zero-order valence-electron chi connectivity index (χ0n) is 13.2. The summed E-state index contributed by atoms with van der Waals surface area (Å²) < 4.78 is 40.7. The third kappa shape index (κ3) is 5.03. The molecule has 0 saturated carbocycles. The molecule has 0 bridgehead atoms. The van der Waals surface area contributed by atoms with Gasteiger partial charge in [0.25, 0.3) is 0 Å². The molecule has 2 unspecified atom stereocenters. The van der Waals surface area contributed by atoms with Crippen molar-refractivity contribution < 1.29 is 13.2 Å². The molecule has 0 amide bonds. The quantitative estimate of drug-likeness (QED) is 0.605. The Morgan fingerprint density at radius 2 is 1.62 bits per heavy atom. The molecule has 4 heteroatoms. The lowest BCUT2D eigenvalue weighted by atomic mass is 9.86. The van der Waals surface area contributed by atoms with Crippen LogP contribution in [-0.2, 0) is 0 Å². The van der Waals surface area contributed by atoms with E-state index in [1.807, 2.05) is 6.92 Å². The molecule has 1 rings (SSSR count). The van der Waals surface area contributed by atoms with Crippen LogP contribution in [0.15, 0.2) is 12.1 Å². The predicted molar refractivity (Wildman–Crippen MR) is 80.7 cm³/mol. The predicted octanol–water partition coefficient (Wildman–Crippen LogP) is 5.36. The Morgan fingerprint density at radius 1 is 0.952 bits per heavy atom. The summed E-state index contributed by atoms with van der Waals surface area (Å²) in [5.41, 5.74) is 0.241. The van der Waals surface area contributed by atoms with Crippen LogP contribution < -0.4 is 5.32 Å². The molecular formula is C17H26F3N. The molecule has 0 spiro atoms. The van der Waals surface area contributed by atoms with Crippen LogP contribution in [0.25, 0.3) is 0 Å². The molecule has 0 fully saturated rings. The van der Waals surface area contributed by atoms with E-state index in [2.05, 4.69) is 19.2 Å². The second kappa shape index (κ2) is 9.08. The lowest BCUT2D eigenvalue weighted by molar-refractivity contribution is 0.314. The summed E-state index contributed by atoms with van der Waals surface area (Å²) in [4.78, 5) is 0. The van der Waals surface area contributed by atoms with Crippen molar-refractivity contribution in [2.24, 2.45) is 5.92 Å². The second-order valence-electron chi connectivity index (χ2n) is 5.53. The van der Waals surface area contributed by atoms with E-state index in [4.69, 9.17) is 0 Å². The lowest BCUT2D eigenvalue weighted by Crippen LogP contribution is -2.30. The van der Waals surface area contributed by atoms with Gasteiger partial charge < -0.3 is 5.32 Å². The molecule has 1 nitrogen and oxygen atoms in total. The Balaban J connectivity index is 3.07. The number of rotatable bonds is 9. The van der Waals surface area contributed by atoms with E-state index in [1.165, 1.54) is 0 Å². The number of hydrogen-bond donors (Lipinski definition) is 1. The highest BCUT2D eigenvalue weighted by Gasteiger charge is 2.25. The molecule has 0 aromatic heterocycles. The van der Waals surface area contributed by atoms with E-state index in [-0.39, 0.29) is 17.5 Å². The first kappa shape index (κ1) is 18.0. The van der Waals surface area contributed by atoms with Crippen LogP contribution in [0.1, 0.15) is 64.5 Å². The van der Waals surface area contributed by atoms with Gasteiger partial charge in [-0.3, -0.25) is 0 Å². The molecule has 1 aromatic carbocycles. The minimum Gasteiger partial charge on any atom is -0.310 e. The number of benzene rings is 1. The molecule has 0 aliphatic carbocycles. The highest BCUT2D eigenvalue weighted by atomic mass is 19.2. The highest BCUT2D eigenvalue weighted by molar-refractivity contribution is 5.24. The Kier molecular flexibility index (Phi) is 7.79. The standard InChI is InChI=1S/C17H26F3N/c1-4-7-8-12(6-3)17(21-9-5-2)13-10-15(19)16(20)11-14(13)18/h10-12,17,21H,4-9H2,1-3H3. The van der Waals surface area contributed by atoms with Gasteiger partial charge in [-0.25, -0.2) is 13.2 Å². The molecule has 0 aliphatic heterocycles. The van der Waals surface area contributed by atoms with Crippen LogP contribution in [0.5, 0.6) is 0 Å². The molecule has 0 radical (unpaired) electrons. The highest BCUT2D eigenvalue weighted by Crippen LogP contribution is 2.31. The maximum absolute atomic E-state index is 14.1.